The van der Waals surface area contributed by atoms with Crippen molar-refractivity contribution in [2.75, 3.05) is 13.1 Å². The second-order valence-electron chi connectivity index (χ2n) is 7.25. The van der Waals surface area contributed by atoms with Crippen molar-refractivity contribution in [2.24, 2.45) is 0 Å². The van der Waals surface area contributed by atoms with Crippen LogP contribution < -0.4 is 0 Å². The van der Waals surface area contributed by atoms with E-state index in [4.69, 9.17) is 9.90 Å². The summed E-state index contributed by atoms with van der Waals surface area (Å²) in [7, 11) is 0. The first-order chi connectivity index (χ1) is 15.1. The van der Waals surface area contributed by atoms with Gasteiger partial charge in [0, 0.05) is 52.6 Å². The van der Waals surface area contributed by atoms with Crippen molar-refractivity contribution in [3.63, 3.8) is 0 Å². The summed E-state index contributed by atoms with van der Waals surface area (Å²) >= 11 is 1.87. The Morgan fingerprint density at radius 3 is 2.34 bits per heavy atom. The van der Waals surface area contributed by atoms with E-state index >= 15 is 0 Å². The van der Waals surface area contributed by atoms with Crippen LogP contribution in [0.2, 0.25) is 0 Å². The molecule has 1 aromatic carbocycles. The number of alkyl halides is 3. The van der Waals surface area contributed by atoms with E-state index in [9.17, 15) is 17.6 Å². The van der Waals surface area contributed by atoms with Crippen molar-refractivity contribution in [2.45, 2.75) is 32.5 Å². The number of nitrogens with zero attached hydrogens (tertiary/aromatic N) is 3. The molecule has 3 aromatic rings. The molecule has 0 spiro atoms. The number of aryl methyl sites for hydroxylation is 1. The summed E-state index contributed by atoms with van der Waals surface area (Å²) in [6, 6.07) is 11.0. The van der Waals surface area contributed by atoms with Crippen LogP contribution in [0.25, 0.3) is 11.3 Å². The lowest BCUT2D eigenvalue weighted by Crippen LogP contribution is -2.25. The minimum absolute atomic E-state index is 0.221. The number of fused-ring (bicyclic) bond motifs is 1. The quantitative estimate of drug-likeness (QED) is 0.556. The molecule has 10 heteroatoms. The van der Waals surface area contributed by atoms with Gasteiger partial charge in [-0.25, -0.2) is 19.2 Å². The molecule has 3 heterocycles. The van der Waals surface area contributed by atoms with Gasteiger partial charge in [0.2, 0.25) is 0 Å². The Morgan fingerprint density at radius 2 is 1.75 bits per heavy atom. The highest BCUT2D eigenvalue weighted by molar-refractivity contribution is 7.11. The number of hydrogen-bond donors (Lipinski definition) is 1. The normalized spacial score (nSPS) is 14.2. The lowest BCUT2D eigenvalue weighted by Gasteiger charge is -2.18. The van der Waals surface area contributed by atoms with Crippen LogP contribution in [0.5, 0.6) is 0 Å². The molecule has 0 bridgehead atoms. The lowest BCUT2D eigenvalue weighted by molar-refractivity contribution is -0.192. The summed E-state index contributed by atoms with van der Waals surface area (Å²) in [5, 5.41) is 7.12. The van der Waals surface area contributed by atoms with Crippen LogP contribution in [0.15, 0.2) is 42.7 Å². The van der Waals surface area contributed by atoms with Gasteiger partial charge in [0.15, 0.2) is 0 Å². The SMILES string of the molecule is Cc1ccc(CN2CCc3ncnc(-c4ccc(F)cc4)c3CC2)s1.O=C(O)C(F)(F)F. The van der Waals surface area contributed by atoms with Crippen LogP contribution >= 0.6 is 11.3 Å². The van der Waals surface area contributed by atoms with E-state index in [1.54, 1.807) is 18.5 Å². The summed E-state index contributed by atoms with van der Waals surface area (Å²) in [5.41, 5.74) is 4.24. The molecule has 2 aromatic heterocycles. The van der Waals surface area contributed by atoms with Gasteiger partial charge in [-0.05, 0) is 49.7 Å². The third-order valence-corrected chi connectivity index (χ3v) is 5.90. The standard InChI is InChI=1S/C20H20FN3S.C2HF3O2/c1-14-2-7-17(25-14)12-24-10-8-18-19(9-11-24)22-13-23-20(18)15-3-5-16(21)6-4-15;3-2(4,5)1(6)7/h2-7,13H,8-12H2,1H3;(H,6,7). The average Bonchev–Trinajstić information content (AvgIpc) is 3.03. The van der Waals surface area contributed by atoms with Crippen LogP contribution in [0.4, 0.5) is 17.6 Å². The molecule has 1 N–H and O–H groups in total. The summed E-state index contributed by atoms with van der Waals surface area (Å²) in [6.07, 6.45) is -1.60. The maximum absolute atomic E-state index is 13.2. The van der Waals surface area contributed by atoms with Crippen molar-refractivity contribution >= 4 is 17.3 Å². The smallest absolute Gasteiger partial charge is 0.475 e. The maximum Gasteiger partial charge on any atom is 0.490 e. The monoisotopic (exact) mass is 467 g/mol. The second-order valence-corrected chi connectivity index (χ2v) is 8.62. The first-order valence-electron chi connectivity index (χ1n) is 9.80. The number of carboxylic acid groups (broad SMARTS) is 1. The van der Waals surface area contributed by atoms with Gasteiger partial charge in [0.25, 0.3) is 0 Å². The highest BCUT2D eigenvalue weighted by atomic mass is 32.1. The largest absolute Gasteiger partial charge is 0.490 e. The Labute approximate surface area is 186 Å². The Balaban J connectivity index is 0.000000360. The molecule has 0 radical (unpaired) electrons. The van der Waals surface area contributed by atoms with E-state index in [0.717, 1.165) is 49.4 Å². The van der Waals surface area contributed by atoms with Gasteiger partial charge in [0.1, 0.15) is 12.1 Å². The number of aromatic nitrogens is 2. The molecule has 0 fully saturated rings. The minimum Gasteiger partial charge on any atom is -0.475 e. The number of rotatable bonds is 3. The van der Waals surface area contributed by atoms with Gasteiger partial charge in [-0.15, -0.1) is 11.3 Å². The minimum atomic E-state index is -5.08. The topological polar surface area (TPSA) is 66.3 Å². The number of aliphatic carboxylic acids is 1. The molecule has 0 saturated heterocycles. The summed E-state index contributed by atoms with van der Waals surface area (Å²) in [6.45, 7) is 5.14. The molecule has 0 unspecified atom stereocenters. The zero-order valence-electron chi connectivity index (χ0n) is 17.2. The fraction of sp³-hybridized carbons (Fsp3) is 0.318. The number of benzene rings is 1. The van der Waals surface area contributed by atoms with Crippen molar-refractivity contribution in [3.8, 4) is 11.3 Å². The van der Waals surface area contributed by atoms with Gasteiger partial charge in [-0.2, -0.15) is 13.2 Å². The van der Waals surface area contributed by atoms with Crippen LogP contribution in [0.1, 0.15) is 21.0 Å². The summed E-state index contributed by atoms with van der Waals surface area (Å²) < 4.78 is 45.0. The van der Waals surface area contributed by atoms with Gasteiger partial charge in [-0.3, -0.25) is 4.90 Å². The van der Waals surface area contributed by atoms with Gasteiger partial charge in [0.05, 0.1) is 5.69 Å². The van der Waals surface area contributed by atoms with E-state index in [1.807, 2.05) is 11.3 Å². The third-order valence-electron chi connectivity index (χ3n) is 4.91. The molecule has 1 aliphatic heterocycles. The van der Waals surface area contributed by atoms with E-state index in [1.165, 1.54) is 27.5 Å². The van der Waals surface area contributed by atoms with Crippen LogP contribution in [-0.4, -0.2) is 45.2 Å². The Morgan fingerprint density at radius 1 is 1.09 bits per heavy atom. The number of halogens is 4. The van der Waals surface area contributed by atoms with E-state index in [0.29, 0.717) is 0 Å². The molecule has 170 valence electrons. The molecule has 0 aliphatic carbocycles. The molecule has 1 aliphatic rings. The van der Waals surface area contributed by atoms with Crippen LogP contribution in [-0.2, 0) is 24.2 Å². The molecule has 32 heavy (non-hydrogen) atoms. The van der Waals surface area contributed by atoms with Crippen molar-refractivity contribution in [1.82, 2.24) is 14.9 Å². The zero-order chi connectivity index (χ0) is 23.3. The van der Waals surface area contributed by atoms with E-state index in [2.05, 4.69) is 33.9 Å². The molecule has 5 nitrogen and oxygen atoms in total. The Kier molecular flexibility index (Phi) is 7.57. The van der Waals surface area contributed by atoms with Crippen molar-refractivity contribution in [1.29, 1.82) is 0 Å². The maximum atomic E-state index is 13.2. The second kappa shape index (κ2) is 10.2. The molecule has 0 saturated carbocycles. The van der Waals surface area contributed by atoms with Gasteiger partial charge in [-0.1, -0.05) is 0 Å². The lowest BCUT2D eigenvalue weighted by atomic mass is 10.0. The number of carboxylic acids is 1. The summed E-state index contributed by atoms with van der Waals surface area (Å²) in [5.74, 6) is -2.98. The molecular formula is C22H21F4N3O2S. The first kappa shape index (κ1) is 23.8. The Hall–Kier alpha value is -2.85. The number of hydrogen-bond acceptors (Lipinski definition) is 5. The first-order valence-corrected chi connectivity index (χ1v) is 10.6. The average molecular weight is 467 g/mol. The Bertz CT molecular complexity index is 1070. The molecular weight excluding hydrogens is 446 g/mol. The van der Waals surface area contributed by atoms with Crippen molar-refractivity contribution < 1.29 is 27.5 Å². The number of carbonyl (C=O) groups is 1. The van der Waals surface area contributed by atoms with Gasteiger partial charge >= 0.3 is 12.1 Å². The number of thiophene rings is 1. The van der Waals surface area contributed by atoms with Crippen molar-refractivity contribution in [3.05, 3.63) is 69.6 Å². The van der Waals surface area contributed by atoms with Crippen LogP contribution in [0.3, 0.4) is 0 Å². The summed E-state index contributed by atoms with van der Waals surface area (Å²) in [4.78, 5) is 23.2. The highest BCUT2D eigenvalue weighted by Gasteiger charge is 2.38. The predicted molar refractivity (Wildman–Crippen MR) is 113 cm³/mol. The van der Waals surface area contributed by atoms with Crippen LogP contribution in [0, 0.1) is 12.7 Å². The van der Waals surface area contributed by atoms with E-state index in [-0.39, 0.29) is 5.82 Å². The zero-order valence-corrected chi connectivity index (χ0v) is 18.0. The fourth-order valence-corrected chi connectivity index (χ4v) is 4.31. The molecule has 0 amide bonds. The van der Waals surface area contributed by atoms with Gasteiger partial charge < -0.3 is 5.11 Å². The predicted octanol–water partition coefficient (Wildman–Crippen LogP) is 4.89. The third kappa shape index (κ3) is 6.33. The molecule has 0 atom stereocenters. The van der Waals surface area contributed by atoms with E-state index < -0.39 is 12.1 Å². The highest BCUT2D eigenvalue weighted by Crippen LogP contribution is 2.27. The molecule has 4 rings (SSSR count). The fourth-order valence-electron chi connectivity index (χ4n) is 3.38.